The summed E-state index contributed by atoms with van der Waals surface area (Å²) in [6.07, 6.45) is -0.826. The van der Waals surface area contributed by atoms with Gasteiger partial charge in [-0.15, -0.1) is 0 Å². The Bertz CT molecular complexity index is 538. The van der Waals surface area contributed by atoms with Gasteiger partial charge in [0.1, 0.15) is 24.2 Å². The van der Waals surface area contributed by atoms with E-state index in [0.717, 1.165) is 0 Å². The molecule has 0 bridgehead atoms. The highest BCUT2D eigenvalue weighted by Gasteiger charge is 2.27. The summed E-state index contributed by atoms with van der Waals surface area (Å²) in [6.45, 7) is 1.95. The molecular formula is C13H22N4O8. The molecule has 0 aromatic carbocycles. The molecule has 0 saturated heterocycles. The molecule has 0 rings (SSSR count). The molecule has 25 heavy (non-hydrogen) atoms. The van der Waals surface area contributed by atoms with Crippen molar-refractivity contribution in [3.05, 3.63) is 0 Å². The van der Waals surface area contributed by atoms with E-state index in [-0.39, 0.29) is 0 Å². The van der Waals surface area contributed by atoms with Crippen LogP contribution in [0.4, 0.5) is 0 Å². The fraction of sp³-hybridized carbons (Fsp3) is 0.615. The first-order valence-corrected chi connectivity index (χ1v) is 7.21. The van der Waals surface area contributed by atoms with Gasteiger partial charge < -0.3 is 37.0 Å². The average molecular weight is 362 g/mol. The van der Waals surface area contributed by atoms with Crippen molar-refractivity contribution < 1.29 is 39.3 Å². The number of hydrogen-bond donors (Lipinski definition) is 7. The van der Waals surface area contributed by atoms with E-state index in [4.69, 9.17) is 21.1 Å². The van der Waals surface area contributed by atoms with Gasteiger partial charge >= 0.3 is 11.9 Å². The van der Waals surface area contributed by atoms with Crippen molar-refractivity contribution in [3.63, 3.8) is 0 Å². The molecule has 4 atom stereocenters. The quantitative estimate of drug-likeness (QED) is 0.204. The Morgan fingerprint density at radius 3 is 1.72 bits per heavy atom. The number of carboxylic acids is 2. The van der Waals surface area contributed by atoms with Gasteiger partial charge in [-0.1, -0.05) is 0 Å². The smallest absolute Gasteiger partial charge is 0.326 e. The average Bonchev–Trinajstić information content (AvgIpc) is 2.52. The van der Waals surface area contributed by atoms with Crippen LogP contribution in [-0.2, 0) is 24.0 Å². The second kappa shape index (κ2) is 10.2. The second-order valence-electron chi connectivity index (χ2n) is 5.25. The maximum atomic E-state index is 11.9. The van der Waals surface area contributed by atoms with Gasteiger partial charge in [0.2, 0.25) is 17.7 Å². The maximum Gasteiger partial charge on any atom is 0.326 e. The lowest BCUT2D eigenvalue weighted by atomic mass is 10.2. The molecule has 0 saturated carbocycles. The molecule has 0 aliphatic rings. The number of aliphatic hydroxyl groups excluding tert-OH is 1. The van der Waals surface area contributed by atoms with Crippen molar-refractivity contribution in [1.82, 2.24) is 16.0 Å². The normalized spacial score (nSPS) is 15.2. The van der Waals surface area contributed by atoms with E-state index in [0.29, 0.717) is 0 Å². The Balaban J connectivity index is 4.64. The van der Waals surface area contributed by atoms with Crippen LogP contribution in [0.15, 0.2) is 0 Å². The van der Waals surface area contributed by atoms with Crippen molar-refractivity contribution >= 4 is 29.7 Å². The van der Waals surface area contributed by atoms with Gasteiger partial charge in [0.15, 0.2) is 0 Å². The van der Waals surface area contributed by atoms with E-state index in [1.165, 1.54) is 13.8 Å². The topological polar surface area (TPSA) is 208 Å². The summed E-state index contributed by atoms with van der Waals surface area (Å²) < 4.78 is 0. The van der Waals surface area contributed by atoms with Gasteiger partial charge in [-0.2, -0.15) is 0 Å². The van der Waals surface area contributed by atoms with E-state index >= 15 is 0 Å². The fourth-order valence-electron chi connectivity index (χ4n) is 1.54. The molecule has 12 nitrogen and oxygen atoms in total. The fourth-order valence-corrected chi connectivity index (χ4v) is 1.54. The third kappa shape index (κ3) is 8.08. The van der Waals surface area contributed by atoms with Crippen molar-refractivity contribution in [2.24, 2.45) is 5.73 Å². The minimum absolute atomic E-state index is 0.612. The zero-order valence-electron chi connectivity index (χ0n) is 13.7. The molecular weight excluding hydrogens is 340 g/mol. The number of nitrogens with two attached hydrogens (primary N) is 1. The molecule has 12 heteroatoms. The maximum absolute atomic E-state index is 11.9. The SMILES string of the molecule is CC(NC(=O)C(N)CO)C(=O)NC(C)C(=O)NC(CC(=O)O)C(=O)O. The molecule has 0 aromatic heterocycles. The Hall–Kier alpha value is -2.73. The lowest BCUT2D eigenvalue weighted by Gasteiger charge is -2.20. The zero-order chi connectivity index (χ0) is 19.7. The van der Waals surface area contributed by atoms with Gasteiger partial charge in [-0.25, -0.2) is 4.79 Å². The lowest BCUT2D eigenvalue weighted by Crippen LogP contribution is -2.56. The molecule has 0 heterocycles. The minimum Gasteiger partial charge on any atom is -0.481 e. The zero-order valence-corrected chi connectivity index (χ0v) is 13.7. The Kier molecular flexibility index (Phi) is 9.09. The second-order valence-corrected chi connectivity index (χ2v) is 5.25. The highest BCUT2D eigenvalue weighted by Crippen LogP contribution is 1.95. The van der Waals surface area contributed by atoms with Gasteiger partial charge in [-0.3, -0.25) is 19.2 Å². The van der Waals surface area contributed by atoms with Crippen molar-refractivity contribution in [2.45, 2.75) is 44.4 Å². The standard InChI is InChI=1S/C13H22N4O8/c1-5(16-12(23)7(14)4-18)10(21)15-6(2)11(22)17-8(13(24)25)3-9(19)20/h5-8,18H,3-4,14H2,1-2H3,(H,15,21)(H,16,23)(H,17,22)(H,19,20)(H,24,25). The van der Waals surface area contributed by atoms with Crippen LogP contribution < -0.4 is 21.7 Å². The number of carboxylic acid groups (broad SMARTS) is 2. The van der Waals surface area contributed by atoms with Crippen molar-refractivity contribution in [2.75, 3.05) is 6.61 Å². The van der Waals surface area contributed by atoms with Crippen LogP contribution in [0.3, 0.4) is 0 Å². The van der Waals surface area contributed by atoms with Gasteiger partial charge in [0, 0.05) is 0 Å². The largest absolute Gasteiger partial charge is 0.481 e. The molecule has 0 fully saturated rings. The molecule has 0 spiro atoms. The molecule has 0 aromatic rings. The summed E-state index contributed by atoms with van der Waals surface area (Å²) in [4.78, 5) is 56.6. The van der Waals surface area contributed by atoms with Crippen LogP contribution >= 0.6 is 0 Å². The van der Waals surface area contributed by atoms with E-state index in [9.17, 15) is 24.0 Å². The summed E-state index contributed by atoms with van der Waals surface area (Å²) >= 11 is 0. The summed E-state index contributed by atoms with van der Waals surface area (Å²) in [7, 11) is 0. The number of aliphatic carboxylic acids is 2. The van der Waals surface area contributed by atoms with E-state index in [2.05, 4.69) is 10.6 Å². The van der Waals surface area contributed by atoms with Crippen LogP contribution in [0.25, 0.3) is 0 Å². The highest BCUT2D eigenvalue weighted by atomic mass is 16.4. The van der Waals surface area contributed by atoms with E-state index in [1.807, 2.05) is 5.32 Å². The van der Waals surface area contributed by atoms with Crippen LogP contribution in [0.1, 0.15) is 20.3 Å². The van der Waals surface area contributed by atoms with Gasteiger partial charge in [0.25, 0.3) is 0 Å². The predicted octanol–water partition coefficient (Wildman–Crippen LogP) is -3.64. The highest BCUT2D eigenvalue weighted by molar-refractivity contribution is 5.94. The van der Waals surface area contributed by atoms with Crippen LogP contribution in [0.5, 0.6) is 0 Å². The Morgan fingerprint density at radius 1 is 0.880 bits per heavy atom. The monoisotopic (exact) mass is 362 g/mol. The molecule has 142 valence electrons. The third-order valence-corrected chi connectivity index (χ3v) is 3.03. The molecule has 8 N–H and O–H groups in total. The molecule has 4 unspecified atom stereocenters. The molecule has 0 radical (unpaired) electrons. The number of carbonyl (C=O) groups excluding carboxylic acids is 3. The summed E-state index contributed by atoms with van der Waals surface area (Å²) in [5, 5.41) is 32.6. The van der Waals surface area contributed by atoms with E-state index < -0.39 is 66.9 Å². The van der Waals surface area contributed by atoms with Crippen molar-refractivity contribution in [1.29, 1.82) is 0 Å². The molecule has 0 aliphatic heterocycles. The number of hydrogen-bond acceptors (Lipinski definition) is 7. The molecule has 3 amide bonds. The molecule has 0 aliphatic carbocycles. The first kappa shape index (κ1) is 22.3. The Morgan fingerprint density at radius 2 is 1.32 bits per heavy atom. The van der Waals surface area contributed by atoms with Crippen LogP contribution in [-0.4, -0.2) is 75.8 Å². The van der Waals surface area contributed by atoms with Crippen molar-refractivity contribution in [3.8, 4) is 0 Å². The van der Waals surface area contributed by atoms with E-state index in [1.54, 1.807) is 0 Å². The number of rotatable bonds is 10. The third-order valence-electron chi connectivity index (χ3n) is 3.03. The Labute approximate surface area is 142 Å². The van der Waals surface area contributed by atoms with Crippen LogP contribution in [0, 0.1) is 0 Å². The first-order chi connectivity index (χ1) is 11.5. The summed E-state index contributed by atoms with van der Waals surface area (Å²) in [5.41, 5.74) is 5.28. The first-order valence-electron chi connectivity index (χ1n) is 7.21. The summed E-state index contributed by atoms with van der Waals surface area (Å²) in [6, 6.07) is -5.11. The number of carbonyl (C=O) groups is 5. The van der Waals surface area contributed by atoms with Gasteiger partial charge in [0.05, 0.1) is 13.0 Å². The van der Waals surface area contributed by atoms with Crippen LogP contribution in [0.2, 0.25) is 0 Å². The number of amides is 3. The minimum atomic E-state index is -1.65. The van der Waals surface area contributed by atoms with Gasteiger partial charge in [-0.05, 0) is 13.8 Å². The predicted molar refractivity (Wildman–Crippen MR) is 82.1 cm³/mol. The number of aliphatic hydroxyl groups is 1. The number of nitrogens with one attached hydrogen (secondary N) is 3. The summed E-state index contributed by atoms with van der Waals surface area (Å²) in [5.74, 6) is -5.39. The lowest BCUT2D eigenvalue weighted by molar-refractivity contribution is -0.147.